The number of aromatic amines is 1. The topological polar surface area (TPSA) is 305 Å². The van der Waals surface area contributed by atoms with Gasteiger partial charge in [0, 0.05) is 36.5 Å². The molecule has 0 unspecified atom stereocenters. The maximum Gasteiger partial charge on any atom is 0.326 e. The van der Waals surface area contributed by atoms with Crippen LogP contribution < -0.4 is 38.5 Å². The maximum atomic E-state index is 14.1. The molecule has 18 nitrogen and oxygen atoms in total. The molecule has 0 spiro atoms. The molecule has 2 heterocycles. The number of para-hydroxylation sites is 1. The zero-order valence-electron chi connectivity index (χ0n) is 33.0. The highest BCUT2D eigenvalue weighted by atomic mass is 16.4. The molecule has 6 atom stereocenters. The Morgan fingerprint density at radius 3 is 2.09 bits per heavy atom. The number of carbonyl (C=O) groups excluding carboxylic acids is 5. The predicted molar refractivity (Wildman–Crippen MR) is 212 cm³/mol. The molecule has 0 bridgehead atoms. The van der Waals surface area contributed by atoms with Crippen molar-refractivity contribution >= 4 is 52.4 Å². The van der Waals surface area contributed by atoms with E-state index in [4.69, 9.17) is 17.2 Å². The van der Waals surface area contributed by atoms with Crippen LogP contribution in [0, 0.1) is 5.92 Å². The fourth-order valence-electron chi connectivity index (χ4n) is 6.94. The Hall–Kier alpha value is -5.07. The van der Waals surface area contributed by atoms with Crippen LogP contribution in [-0.2, 0) is 40.0 Å². The van der Waals surface area contributed by atoms with E-state index in [0.717, 1.165) is 10.9 Å². The summed E-state index contributed by atoms with van der Waals surface area (Å²) in [6, 6.07) is 0.448. The summed E-state index contributed by atoms with van der Waals surface area (Å²) in [7, 11) is 0. The van der Waals surface area contributed by atoms with Crippen molar-refractivity contribution in [2.75, 3.05) is 19.6 Å². The standard InChI is InChI=1S/C39H61N9O9/c1-23(2)20-31(39(56)57)47-35(52)28(15-16-33(49)50)44-36(53)30(21-24-22-43-27-12-4-3-10-25(24)27)46-37(54)32-14-9-19-48(32)38(55)29(13-6-8-18-41)45-34(51)26(42)11-5-7-17-40/h3-4,10,12,22-23,26,28-32,43H,5-9,11,13-21,40-42H2,1-2H3,(H,44,53)(H,45,51)(H,46,54)(H,47,52)(H,49,50)(H,56,57)/t26-,28-,29-,30+,31-,32-/m0/s1. The molecule has 1 aromatic heterocycles. The molecule has 1 fully saturated rings. The van der Waals surface area contributed by atoms with E-state index in [1.165, 1.54) is 4.90 Å². The van der Waals surface area contributed by atoms with Gasteiger partial charge in [-0.25, -0.2) is 4.79 Å². The van der Waals surface area contributed by atoms with E-state index in [1.54, 1.807) is 20.0 Å². The quantitative estimate of drug-likeness (QED) is 0.0604. The Morgan fingerprint density at radius 2 is 1.44 bits per heavy atom. The Balaban J connectivity index is 1.89. The molecule has 57 heavy (non-hydrogen) atoms. The number of hydrogen-bond acceptors (Lipinski definition) is 10. The molecule has 0 aliphatic carbocycles. The zero-order valence-corrected chi connectivity index (χ0v) is 33.0. The monoisotopic (exact) mass is 799 g/mol. The Labute approximate surface area is 332 Å². The number of amides is 5. The fraction of sp³-hybridized carbons (Fsp3) is 0.615. The van der Waals surface area contributed by atoms with E-state index in [9.17, 15) is 43.8 Å². The van der Waals surface area contributed by atoms with Gasteiger partial charge >= 0.3 is 11.9 Å². The van der Waals surface area contributed by atoms with Gasteiger partial charge in [0.1, 0.15) is 30.2 Å². The number of aliphatic carboxylic acids is 2. The number of rotatable bonds is 25. The Morgan fingerprint density at radius 1 is 0.807 bits per heavy atom. The predicted octanol–water partition coefficient (Wildman–Crippen LogP) is 0.221. The first-order valence-corrected chi connectivity index (χ1v) is 19.8. The average molecular weight is 800 g/mol. The van der Waals surface area contributed by atoms with Crippen molar-refractivity contribution in [3.05, 3.63) is 36.0 Å². The highest BCUT2D eigenvalue weighted by Gasteiger charge is 2.40. The number of carboxylic acid groups (broad SMARTS) is 2. The zero-order chi connectivity index (χ0) is 42.1. The molecular weight excluding hydrogens is 738 g/mol. The highest BCUT2D eigenvalue weighted by Crippen LogP contribution is 2.23. The molecule has 1 saturated heterocycles. The second-order valence-corrected chi connectivity index (χ2v) is 15.1. The molecule has 3 rings (SSSR count). The number of fused-ring (bicyclic) bond motifs is 1. The van der Waals surface area contributed by atoms with Gasteiger partial charge in [-0.15, -0.1) is 0 Å². The van der Waals surface area contributed by atoms with Crippen LogP contribution in [0.3, 0.4) is 0 Å². The van der Waals surface area contributed by atoms with Crippen molar-refractivity contribution in [3.63, 3.8) is 0 Å². The van der Waals surface area contributed by atoms with Crippen LogP contribution >= 0.6 is 0 Å². The number of likely N-dealkylation sites (tertiary alicyclic amines) is 1. The largest absolute Gasteiger partial charge is 0.481 e. The van der Waals surface area contributed by atoms with Crippen molar-refractivity contribution in [2.24, 2.45) is 23.1 Å². The minimum atomic E-state index is -1.45. The lowest BCUT2D eigenvalue weighted by Crippen LogP contribution is -2.59. The van der Waals surface area contributed by atoms with E-state index in [0.29, 0.717) is 57.2 Å². The number of H-pyrrole nitrogens is 1. The van der Waals surface area contributed by atoms with Gasteiger partial charge in [-0.3, -0.25) is 28.8 Å². The fourth-order valence-corrected chi connectivity index (χ4v) is 6.94. The van der Waals surface area contributed by atoms with E-state index in [-0.39, 0.29) is 44.6 Å². The van der Waals surface area contributed by atoms with Gasteiger partial charge in [0.05, 0.1) is 6.04 Å². The number of nitrogens with zero attached hydrogens (tertiary/aromatic N) is 1. The van der Waals surface area contributed by atoms with Gasteiger partial charge in [-0.05, 0) is 88.4 Å². The lowest BCUT2D eigenvalue weighted by molar-refractivity contribution is -0.143. The van der Waals surface area contributed by atoms with Crippen molar-refractivity contribution in [1.29, 1.82) is 0 Å². The second kappa shape index (κ2) is 23.2. The summed E-state index contributed by atoms with van der Waals surface area (Å²) in [6.45, 7) is 4.63. The van der Waals surface area contributed by atoms with Crippen LogP contribution in [0.2, 0.25) is 0 Å². The molecule has 0 radical (unpaired) electrons. The van der Waals surface area contributed by atoms with E-state index >= 15 is 0 Å². The number of hydrogen-bond donors (Lipinski definition) is 10. The number of nitrogens with one attached hydrogen (secondary N) is 5. The second-order valence-electron chi connectivity index (χ2n) is 15.1. The molecule has 1 aliphatic rings. The van der Waals surface area contributed by atoms with Gasteiger partial charge in [-0.2, -0.15) is 0 Å². The summed E-state index contributed by atoms with van der Waals surface area (Å²) in [5.74, 6) is -5.92. The summed E-state index contributed by atoms with van der Waals surface area (Å²) in [5.41, 5.74) is 18.8. The summed E-state index contributed by atoms with van der Waals surface area (Å²) in [4.78, 5) is 96.8. The minimum Gasteiger partial charge on any atom is -0.481 e. The van der Waals surface area contributed by atoms with Crippen molar-refractivity contribution in [2.45, 2.75) is 127 Å². The highest BCUT2D eigenvalue weighted by molar-refractivity contribution is 5.97. The van der Waals surface area contributed by atoms with Crippen LogP contribution in [0.4, 0.5) is 0 Å². The third-order valence-electron chi connectivity index (χ3n) is 10.0. The molecule has 18 heteroatoms. The number of nitrogens with two attached hydrogens (primary N) is 3. The molecule has 13 N–H and O–H groups in total. The van der Waals surface area contributed by atoms with E-state index < -0.39 is 84.1 Å². The summed E-state index contributed by atoms with van der Waals surface area (Å²) >= 11 is 0. The van der Waals surface area contributed by atoms with Gasteiger partial charge in [0.2, 0.25) is 29.5 Å². The molecule has 2 aromatic rings. The van der Waals surface area contributed by atoms with Crippen molar-refractivity contribution < 1.29 is 43.8 Å². The molecule has 316 valence electrons. The lowest BCUT2D eigenvalue weighted by atomic mass is 10.0. The third-order valence-corrected chi connectivity index (χ3v) is 10.0. The summed E-state index contributed by atoms with van der Waals surface area (Å²) in [5, 5.41) is 30.5. The third kappa shape index (κ3) is 14.4. The van der Waals surface area contributed by atoms with Gasteiger partial charge in [0.25, 0.3) is 0 Å². The number of aromatic nitrogens is 1. The van der Waals surface area contributed by atoms with Gasteiger partial charge in [-0.1, -0.05) is 38.5 Å². The molecule has 1 aliphatic heterocycles. The number of carbonyl (C=O) groups is 7. The SMILES string of the molecule is CC(C)C[C@H](NC(=O)[C@H](CCC(=O)O)NC(=O)[C@@H](Cc1c[nH]c2ccccc12)NC(=O)[C@@H]1CCCN1C(=O)[C@H](CCCCN)NC(=O)[C@@H](N)CCCCN)C(=O)O. The molecule has 1 aromatic carbocycles. The first-order valence-electron chi connectivity index (χ1n) is 19.8. The number of benzene rings is 1. The smallest absolute Gasteiger partial charge is 0.326 e. The first kappa shape index (κ1) is 46.3. The summed E-state index contributed by atoms with van der Waals surface area (Å²) in [6.07, 6.45) is 4.76. The van der Waals surface area contributed by atoms with E-state index in [2.05, 4.69) is 26.3 Å². The van der Waals surface area contributed by atoms with Crippen LogP contribution in [0.1, 0.15) is 90.0 Å². The maximum absolute atomic E-state index is 14.1. The van der Waals surface area contributed by atoms with Crippen LogP contribution in [0.5, 0.6) is 0 Å². The van der Waals surface area contributed by atoms with Crippen LogP contribution in [0.15, 0.2) is 30.5 Å². The molecular formula is C39H61N9O9. The lowest BCUT2D eigenvalue weighted by Gasteiger charge is -2.30. The van der Waals surface area contributed by atoms with Crippen LogP contribution in [-0.4, -0.2) is 117 Å². The Kier molecular flexibility index (Phi) is 18.9. The minimum absolute atomic E-state index is 0.0551. The van der Waals surface area contributed by atoms with Crippen molar-refractivity contribution in [3.8, 4) is 0 Å². The van der Waals surface area contributed by atoms with Crippen LogP contribution in [0.25, 0.3) is 10.9 Å². The van der Waals surface area contributed by atoms with E-state index in [1.807, 2.05) is 24.3 Å². The average Bonchev–Trinajstić information content (AvgIpc) is 3.83. The molecule has 0 saturated carbocycles. The number of carboxylic acids is 2. The number of unbranched alkanes of at least 4 members (excludes halogenated alkanes) is 2. The molecule has 5 amide bonds. The Bertz CT molecular complexity index is 1680. The first-order chi connectivity index (χ1) is 27.2. The normalized spacial score (nSPS) is 16.7. The van der Waals surface area contributed by atoms with Gasteiger partial charge in [0.15, 0.2) is 0 Å². The van der Waals surface area contributed by atoms with Gasteiger partial charge < -0.3 is 58.6 Å². The summed E-state index contributed by atoms with van der Waals surface area (Å²) < 4.78 is 0. The van der Waals surface area contributed by atoms with Crippen molar-refractivity contribution in [1.82, 2.24) is 31.2 Å².